The molecule has 134 valence electrons. The van der Waals surface area contributed by atoms with E-state index < -0.39 is 0 Å². The van der Waals surface area contributed by atoms with Crippen molar-refractivity contribution < 1.29 is 4.79 Å². The largest absolute Gasteiger partial charge is 0.354 e. The van der Waals surface area contributed by atoms with Gasteiger partial charge in [-0.25, -0.2) is 4.68 Å². The monoisotopic (exact) mass is 368 g/mol. The fraction of sp³-hybridized carbons (Fsp3) is 0.333. The quantitative estimate of drug-likeness (QED) is 0.748. The average molecular weight is 368 g/mol. The van der Waals surface area contributed by atoms with E-state index in [1.165, 1.54) is 4.88 Å². The normalized spacial score (nSPS) is 17.2. The topological polar surface area (TPSA) is 75.9 Å². The molecule has 4 heterocycles. The molecule has 1 aliphatic rings. The molecule has 3 aromatic heterocycles. The molecule has 1 atom stereocenters. The van der Waals surface area contributed by atoms with Gasteiger partial charge >= 0.3 is 0 Å². The summed E-state index contributed by atoms with van der Waals surface area (Å²) in [6, 6.07) is 9.72. The number of thiophene rings is 1. The number of nitrogens with zero attached hydrogens (tertiary/aromatic N) is 5. The fourth-order valence-corrected chi connectivity index (χ4v) is 3.79. The van der Waals surface area contributed by atoms with Crippen molar-refractivity contribution in [3.63, 3.8) is 0 Å². The van der Waals surface area contributed by atoms with Crippen LogP contribution in [0.2, 0.25) is 0 Å². The zero-order chi connectivity index (χ0) is 17.8. The van der Waals surface area contributed by atoms with Gasteiger partial charge in [0.15, 0.2) is 11.6 Å². The number of carbonyl (C=O) groups excluding carboxylic acids is 1. The van der Waals surface area contributed by atoms with Gasteiger partial charge in [0.2, 0.25) is 5.91 Å². The van der Waals surface area contributed by atoms with E-state index in [1.807, 2.05) is 41.9 Å². The highest BCUT2D eigenvalue weighted by Gasteiger charge is 2.26. The molecule has 0 aromatic carbocycles. The van der Waals surface area contributed by atoms with Crippen molar-refractivity contribution in [2.24, 2.45) is 5.92 Å². The van der Waals surface area contributed by atoms with E-state index in [4.69, 9.17) is 0 Å². The zero-order valence-electron chi connectivity index (χ0n) is 14.3. The standard InChI is InChI=1S/C18H20N6OS/c25-18(19-12-15-5-2-11-26-15)14-4-1-9-23(13-14)16-6-7-17(22-21-16)24-10-3-8-20-24/h2-3,5-8,10-11,14H,1,4,9,12-13H2,(H,19,25). The van der Waals surface area contributed by atoms with Crippen molar-refractivity contribution in [3.8, 4) is 5.82 Å². The molecule has 0 aliphatic carbocycles. The minimum Gasteiger partial charge on any atom is -0.354 e. The van der Waals surface area contributed by atoms with E-state index in [0.717, 1.165) is 25.2 Å². The molecular formula is C18H20N6OS. The van der Waals surface area contributed by atoms with Crippen molar-refractivity contribution in [1.82, 2.24) is 25.3 Å². The number of hydrogen-bond donors (Lipinski definition) is 1. The van der Waals surface area contributed by atoms with Crippen LogP contribution in [0.4, 0.5) is 5.82 Å². The summed E-state index contributed by atoms with van der Waals surface area (Å²) in [5.74, 6) is 1.58. The second-order valence-electron chi connectivity index (χ2n) is 6.28. The minimum atomic E-state index is -0.0173. The van der Waals surface area contributed by atoms with Crippen LogP contribution in [0.5, 0.6) is 0 Å². The van der Waals surface area contributed by atoms with Crippen LogP contribution in [-0.4, -0.2) is 39.0 Å². The Balaban J connectivity index is 1.37. The van der Waals surface area contributed by atoms with E-state index in [0.29, 0.717) is 18.9 Å². The first-order valence-corrected chi connectivity index (χ1v) is 9.56. The van der Waals surface area contributed by atoms with Gasteiger partial charge in [0.1, 0.15) is 0 Å². The zero-order valence-corrected chi connectivity index (χ0v) is 15.1. The van der Waals surface area contributed by atoms with Gasteiger partial charge in [0, 0.05) is 30.4 Å². The first kappa shape index (κ1) is 16.7. The maximum Gasteiger partial charge on any atom is 0.225 e. The Kier molecular flexibility index (Phi) is 4.92. The van der Waals surface area contributed by atoms with Crippen LogP contribution in [0.15, 0.2) is 48.1 Å². The molecule has 0 saturated carbocycles. The number of piperidine rings is 1. The van der Waals surface area contributed by atoms with Crippen molar-refractivity contribution in [2.75, 3.05) is 18.0 Å². The summed E-state index contributed by atoms with van der Waals surface area (Å²) in [5.41, 5.74) is 0. The maximum absolute atomic E-state index is 12.5. The highest BCUT2D eigenvalue weighted by molar-refractivity contribution is 7.09. The Morgan fingerprint density at radius 1 is 1.23 bits per heavy atom. The molecule has 1 fully saturated rings. The predicted octanol–water partition coefficient (Wildman–Crippen LogP) is 2.26. The van der Waals surface area contributed by atoms with Crippen LogP contribution in [0.25, 0.3) is 5.82 Å². The van der Waals surface area contributed by atoms with E-state index in [1.54, 1.807) is 22.2 Å². The number of anilines is 1. The second kappa shape index (κ2) is 7.65. The first-order valence-electron chi connectivity index (χ1n) is 8.68. The van der Waals surface area contributed by atoms with Crippen molar-refractivity contribution in [3.05, 3.63) is 53.0 Å². The third-order valence-electron chi connectivity index (χ3n) is 4.51. The molecular weight excluding hydrogens is 348 g/mol. The van der Waals surface area contributed by atoms with Crippen molar-refractivity contribution in [1.29, 1.82) is 0 Å². The molecule has 1 N–H and O–H groups in total. The summed E-state index contributed by atoms with van der Waals surface area (Å²) in [6.07, 6.45) is 5.42. The first-order chi connectivity index (χ1) is 12.8. The maximum atomic E-state index is 12.5. The van der Waals surface area contributed by atoms with Crippen LogP contribution in [0.3, 0.4) is 0 Å². The average Bonchev–Trinajstić information content (AvgIpc) is 3.40. The van der Waals surface area contributed by atoms with Gasteiger partial charge in [-0.15, -0.1) is 21.5 Å². The van der Waals surface area contributed by atoms with Gasteiger partial charge in [0.25, 0.3) is 0 Å². The summed E-state index contributed by atoms with van der Waals surface area (Å²) in [6.45, 7) is 2.17. The smallest absolute Gasteiger partial charge is 0.225 e. The van der Waals surface area contributed by atoms with Gasteiger partial charge < -0.3 is 10.2 Å². The highest BCUT2D eigenvalue weighted by Crippen LogP contribution is 2.22. The van der Waals surface area contributed by atoms with Crippen LogP contribution >= 0.6 is 11.3 Å². The molecule has 7 nitrogen and oxygen atoms in total. The van der Waals surface area contributed by atoms with Crippen molar-refractivity contribution >= 4 is 23.1 Å². The fourth-order valence-electron chi connectivity index (χ4n) is 3.14. The van der Waals surface area contributed by atoms with E-state index in [9.17, 15) is 4.79 Å². The van der Waals surface area contributed by atoms with Crippen LogP contribution < -0.4 is 10.2 Å². The Morgan fingerprint density at radius 3 is 2.85 bits per heavy atom. The Hall–Kier alpha value is -2.74. The lowest BCUT2D eigenvalue weighted by Crippen LogP contribution is -2.43. The highest BCUT2D eigenvalue weighted by atomic mass is 32.1. The molecule has 0 spiro atoms. The van der Waals surface area contributed by atoms with Crippen LogP contribution in [0, 0.1) is 5.92 Å². The molecule has 8 heteroatoms. The van der Waals surface area contributed by atoms with Gasteiger partial charge in [-0.1, -0.05) is 6.07 Å². The van der Waals surface area contributed by atoms with Crippen LogP contribution in [0.1, 0.15) is 17.7 Å². The Bertz CT molecular complexity index is 831. The van der Waals surface area contributed by atoms with Crippen LogP contribution in [-0.2, 0) is 11.3 Å². The number of amides is 1. The lowest BCUT2D eigenvalue weighted by molar-refractivity contribution is -0.125. The SMILES string of the molecule is O=C(NCc1cccs1)C1CCCN(c2ccc(-n3cccn3)nn2)C1. The summed E-state index contributed by atoms with van der Waals surface area (Å²) < 4.78 is 1.67. The number of aromatic nitrogens is 4. The summed E-state index contributed by atoms with van der Waals surface area (Å²) in [5, 5.41) is 17.8. The molecule has 1 unspecified atom stereocenters. The van der Waals surface area contributed by atoms with E-state index in [2.05, 4.69) is 25.5 Å². The van der Waals surface area contributed by atoms with E-state index >= 15 is 0 Å². The molecule has 1 aliphatic heterocycles. The summed E-state index contributed by atoms with van der Waals surface area (Å²) in [7, 11) is 0. The minimum absolute atomic E-state index is 0.0173. The number of hydrogen-bond acceptors (Lipinski definition) is 6. The lowest BCUT2D eigenvalue weighted by Gasteiger charge is -2.32. The number of carbonyl (C=O) groups is 1. The van der Waals surface area contributed by atoms with Gasteiger partial charge in [0.05, 0.1) is 12.5 Å². The molecule has 3 aromatic rings. The number of rotatable bonds is 5. The van der Waals surface area contributed by atoms with E-state index in [-0.39, 0.29) is 11.8 Å². The molecule has 0 bridgehead atoms. The van der Waals surface area contributed by atoms with Gasteiger partial charge in [-0.3, -0.25) is 4.79 Å². The molecule has 0 radical (unpaired) electrons. The van der Waals surface area contributed by atoms with Gasteiger partial charge in [-0.05, 0) is 42.5 Å². The third-order valence-corrected chi connectivity index (χ3v) is 5.39. The molecule has 1 saturated heterocycles. The molecule has 26 heavy (non-hydrogen) atoms. The van der Waals surface area contributed by atoms with Crippen molar-refractivity contribution in [2.45, 2.75) is 19.4 Å². The third kappa shape index (κ3) is 3.75. The molecule has 1 amide bonds. The summed E-state index contributed by atoms with van der Waals surface area (Å²) in [4.78, 5) is 15.8. The predicted molar refractivity (Wildman–Crippen MR) is 100 cm³/mol. The summed E-state index contributed by atoms with van der Waals surface area (Å²) >= 11 is 1.66. The Morgan fingerprint density at radius 2 is 2.12 bits per heavy atom. The molecule has 4 rings (SSSR count). The Labute approximate surface area is 155 Å². The lowest BCUT2D eigenvalue weighted by atomic mass is 9.97. The van der Waals surface area contributed by atoms with Gasteiger partial charge in [-0.2, -0.15) is 5.10 Å². The number of nitrogens with one attached hydrogen (secondary N) is 1. The second-order valence-corrected chi connectivity index (χ2v) is 7.31.